The van der Waals surface area contributed by atoms with Crippen LogP contribution in [0.1, 0.15) is 43.0 Å². The first-order valence-electron chi connectivity index (χ1n) is 6.07. The molecule has 0 atom stereocenters. The van der Waals surface area contributed by atoms with Crippen molar-refractivity contribution in [3.63, 3.8) is 0 Å². The molecule has 17 heavy (non-hydrogen) atoms. The van der Waals surface area contributed by atoms with Crippen LogP contribution in [0.15, 0.2) is 18.2 Å². The molecule has 92 valence electrons. The minimum absolute atomic E-state index is 0.127. The van der Waals surface area contributed by atoms with Crippen LogP contribution in [0.3, 0.4) is 0 Å². The Morgan fingerprint density at radius 3 is 2.47 bits per heavy atom. The first-order valence-corrected chi connectivity index (χ1v) is 6.83. The van der Waals surface area contributed by atoms with Crippen LogP contribution >= 0.6 is 23.2 Å². The highest BCUT2D eigenvalue weighted by atomic mass is 35.5. The molecule has 0 spiro atoms. The van der Waals surface area contributed by atoms with Crippen molar-refractivity contribution < 1.29 is 4.79 Å². The van der Waals surface area contributed by atoms with Crippen molar-refractivity contribution >= 4 is 29.0 Å². The van der Waals surface area contributed by atoms with E-state index in [1.807, 2.05) is 0 Å². The molecule has 0 heterocycles. The standard InChI is InChI=1S/C14H16Cl2O/c1-9-2-4-10(5-3-9)14(17)12-8-11(15)6-7-13(12)16/h6-10H,2-5H2,1H3. The lowest BCUT2D eigenvalue weighted by Crippen LogP contribution is -2.21. The Bertz CT molecular complexity index is 420. The fourth-order valence-electron chi connectivity index (χ4n) is 2.43. The lowest BCUT2D eigenvalue weighted by molar-refractivity contribution is 0.0876. The number of halogens is 2. The molecule has 1 nitrogen and oxygen atoms in total. The SMILES string of the molecule is CC1CCC(C(=O)c2cc(Cl)ccc2Cl)CC1. The predicted molar refractivity (Wildman–Crippen MR) is 71.9 cm³/mol. The van der Waals surface area contributed by atoms with E-state index >= 15 is 0 Å². The maximum Gasteiger partial charge on any atom is 0.167 e. The van der Waals surface area contributed by atoms with Crippen molar-refractivity contribution in [2.75, 3.05) is 0 Å². The molecule has 1 fully saturated rings. The van der Waals surface area contributed by atoms with Gasteiger partial charge in [-0.2, -0.15) is 0 Å². The van der Waals surface area contributed by atoms with Crippen molar-refractivity contribution in [2.45, 2.75) is 32.6 Å². The summed E-state index contributed by atoms with van der Waals surface area (Å²) in [6.45, 7) is 2.24. The molecule has 0 N–H and O–H groups in total. The normalized spacial score (nSPS) is 24.6. The molecule has 2 rings (SSSR count). The fourth-order valence-corrected chi connectivity index (χ4v) is 2.81. The Balaban J connectivity index is 2.16. The molecule has 1 saturated carbocycles. The van der Waals surface area contributed by atoms with Crippen LogP contribution in [0.25, 0.3) is 0 Å². The number of carbonyl (C=O) groups excluding carboxylic acids is 1. The summed E-state index contributed by atoms with van der Waals surface area (Å²) in [5.74, 6) is 1.03. The first kappa shape index (κ1) is 12.9. The molecule has 0 radical (unpaired) electrons. The number of benzene rings is 1. The molecule has 1 aromatic rings. The molecule has 0 aromatic heterocycles. The average molecular weight is 271 g/mol. The third kappa shape index (κ3) is 3.02. The smallest absolute Gasteiger partial charge is 0.167 e. The van der Waals surface area contributed by atoms with Crippen LogP contribution in [0.4, 0.5) is 0 Å². The molecular formula is C14H16Cl2O. The molecule has 3 heteroatoms. The lowest BCUT2D eigenvalue weighted by atomic mass is 9.79. The molecular weight excluding hydrogens is 255 g/mol. The van der Waals surface area contributed by atoms with Gasteiger partial charge in [0, 0.05) is 16.5 Å². The monoisotopic (exact) mass is 270 g/mol. The summed E-state index contributed by atoms with van der Waals surface area (Å²) >= 11 is 12.0. The Labute approximate surface area is 112 Å². The molecule has 1 aliphatic carbocycles. The minimum atomic E-state index is 0.127. The van der Waals surface area contributed by atoms with E-state index in [2.05, 4.69) is 6.92 Å². The maximum absolute atomic E-state index is 12.3. The van der Waals surface area contributed by atoms with Crippen LogP contribution in [0.5, 0.6) is 0 Å². The second-order valence-corrected chi connectivity index (χ2v) is 5.79. The average Bonchev–Trinajstić information content (AvgIpc) is 2.32. The van der Waals surface area contributed by atoms with E-state index in [0.717, 1.165) is 31.6 Å². The molecule has 0 aliphatic heterocycles. The van der Waals surface area contributed by atoms with Gasteiger partial charge in [-0.15, -0.1) is 0 Å². The van der Waals surface area contributed by atoms with E-state index in [1.54, 1.807) is 18.2 Å². The summed E-state index contributed by atoms with van der Waals surface area (Å²) in [6.07, 6.45) is 4.22. The van der Waals surface area contributed by atoms with Gasteiger partial charge in [-0.05, 0) is 37.0 Å². The maximum atomic E-state index is 12.3. The van der Waals surface area contributed by atoms with Gasteiger partial charge in [0.25, 0.3) is 0 Å². The summed E-state index contributed by atoms with van der Waals surface area (Å²) in [7, 11) is 0. The van der Waals surface area contributed by atoms with Gasteiger partial charge in [-0.25, -0.2) is 0 Å². The Kier molecular flexibility index (Phi) is 4.11. The van der Waals surface area contributed by atoms with Gasteiger partial charge < -0.3 is 0 Å². The molecule has 0 saturated heterocycles. The number of ketones is 1. The van der Waals surface area contributed by atoms with Gasteiger partial charge in [0.05, 0.1) is 5.02 Å². The summed E-state index contributed by atoms with van der Waals surface area (Å²) in [4.78, 5) is 12.3. The van der Waals surface area contributed by atoms with Gasteiger partial charge >= 0.3 is 0 Å². The quantitative estimate of drug-likeness (QED) is 0.691. The summed E-state index contributed by atoms with van der Waals surface area (Å²) in [6, 6.07) is 5.09. The third-order valence-corrected chi connectivity index (χ3v) is 4.15. The minimum Gasteiger partial charge on any atom is -0.294 e. The van der Waals surface area contributed by atoms with Gasteiger partial charge in [0.2, 0.25) is 0 Å². The zero-order chi connectivity index (χ0) is 12.4. The zero-order valence-electron chi connectivity index (χ0n) is 9.88. The van der Waals surface area contributed by atoms with Crippen molar-refractivity contribution in [3.8, 4) is 0 Å². The highest BCUT2D eigenvalue weighted by Gasteiger charge is 2.26. The highest BCUT2D eigenvalue weighted by molar-refractivity contribution is 6.36. The first-order chi connectivity index (χ1) is 8.08. The van der Waals surface area contributed by atoms with Crippen molar-refractivity contribution in [3.05, 3.63) is 33.8 Å². The van der Waals surface area contributed by atoms with Gasteiger partial charge in [-0.1, -0.05) is 43.0 Å². The van der Waals surface area contributed by atoms with E-state index in [1.165, 1.54) is 0 Å². The molecule has 0 unspecified atom stereocenters. The van der Waals surface area contributed by atoms with E-state index < -0.39 is 0 Å². The van der Waals surface area contributed by atoms with E-state index in [4.69, 9.17) is 23.2 Å². The summed E-state index contributed by atoms with van der Waals surface area (Å²) in [5, 5.41) is 1.08. The van der Waals surface area contributed by atoms with Crippen LogP contribution < -0.4 is 0 Å². The largest absolute Gasteiger partial charge is 0.294 e. The van der Waals surface area contributed by atoms with Crippen LogP contribution in [-0.2, 0) is 0 Å². The Morgan fingerprint density at radius 2 is 1.82 bits per heavy atom. The van der Waals surface area contributed by atoms with E-state index in [-0.39, 0.29) is 11.7 Å². The van der Waals surface area contributed by atoms with Crippen LogP contribution in [0, 0.1) is 11.8 Å². The Hall–Kier alpha value is -0.530. The van der Waals surface area contributed by atoms with Crippen molar-refractivity contribution in [1.82, 2.24) is 0 Å². The molecule has 1 aromatic carbocycles. The van der Waals surface area contributed by atoms with Crippen molar-refractivity contribution in [1.29, 1.82) is 0 Å². The van der Waals surface area contributed by atoms with Crippen molar-refractivity contribution in [2.24, 2.45) is 11.8 Å². The van der Waals surface area contributed by atoms with E-state index in [0.29, 0.717) is 15.6 Å². The number of carbonyl (C=O) groups is 1. The Morgan fingerprint density at radius 1 is 1.18 bits per heavy atom. The zero-order valence-corrected chi connectivity index (χ0v) is 11.4. The van der Waals surface area contributed by atoms with Gasteiger partial charge in [0.1, 0.15) is 0 Å². The predicted octanol–water partition coefficient (Wildman–Crippen LogP) is 5.00. The number of hydrogen-bond acceptors (Lipinski definition) is 1. The lowest BCUT2D eigenvalue weighted by Gasteiger charge is -2.25. The molecule has 0 bridgehead atoms. The molecule has 0 amide bonds. The van der Waals surface area contributed by atoms with Crippen LogP contribution in [0.2, 0.25) is 10.0 Å². The van der Waals surface area contributed by atoms with E-state index in [9.17, 15) is 4.79 Å². The third-order valence-electron chi connectivity index (χ3n) is 3.58. The summed E-state index contributed by atoms with van der Waals surface area (Å²) < 4.78 is 0. The number of rotatable bonds is 2. The summed E-state index contributed by atoms with van der Waals surface area (Å²) in [5.41, 5.74) is 0.582. The number of hydrogen-bond donors (Lipinski definition) is 0. The van der Waals surface area contributed by atoms with Gasteiger partial charge in [0.15, 0.2) is 5.78 Å². The topological polar surface area (TPSA) is 17.1 Å². The fraction of sp³-hybridized carbons (Fsp3) is 0.500. The molecule has 1 aliphatic rings. The second kappa shape index (κ2) is 5.41. The number of Topliss-reactive ketones (excluding diaryl/α,β-unsaturated/α-hetero) is 1. The van der Waals surface area contributed by atoms with Gasteiger partial charge in [-0.3, -0.25) is 4.79 Å². The van der Waals surface area contributed by atoms with Crippen LogP contribution in [-0.4, -0.2) is 5.78 Å². The highest BCUT2D eigenvalue weighted by Crippen LogP contribution is 2.32. The second-order valence-electron chi connectivity index (χ2n) is 4.95.